The average molecular weight is 332 g/mol. The molecule has 0 saturated carbocycles. The summed E-state index contributed by atoms with van der Waals surface area (Å²) in [6.45, 7) is 2.37. The van der Waals surface area contributed by atoms with Crippen LogP contribution in [0.2, 0.25) is 5.02 Å². The van der Waals surface area contributed by atoms with Gasteiger partial charge in [-0.15, -0.1) is 11.3 Å². The molecule has 0 N–H and O–H groups in total. The van der Waals surface area contributed by atoms with E-state index in [0.717, 1.165) is 34.6 Å². The van der Waals surface area contributed by atoms with Gasteiger partial charge in [0.15, 0.2) is 0 Å². The van der Waals surface area contributed by atoms with Gasteiger partial charge >= 0.3 is 0 Å². The number of aromatic nitrogens is 2. The number of carbonyl (C=O) groups excluding carboxylic acids is 1. The molecule has 4 nitrogen and oxygen atoms in total. The van der Waals surface area contributed by atoms with Gasteiger partial charge in [0.25, 0.3) is 5.91 Å². The number of benzene rings is 1. The summed E-state index contributed by atoms with van der Waals surface area (Å²) in [4.78, 5) is 15.2. The maximum absolute atomic E-state index is 12.5. The van der Waals surface area contributed by atoms with E-state index in [2.05, 4.69) is 11.2 Å². The minimum absolute atomic E-state index is 0.135. The van der Waals surface area contributed by atoms with E-state index in [1.54, 1.807) is 17.5 Å². The van der Waals surface area contributed by atoms with Gasteiger partial charge in [0.1, 0.15) is 0 Å². The number of hydrogen-bond acceptors (Lipinski definition) is 3. The first-order valence-electron chi connectivity index (χ1n) is 7.15. The predicted molar refractivity (Wildman–Crippen MR) is 88.5 cm³/mol. The first kappa shape index (κ1) is 13.8. The number of nitrogens with zero attached hydrogens (tertiary/aromatic N) is 3. The van der Waals surface area contributed by atoms with Gasteiger partial charge in [-0.3, -0.25) is 9.48 Å². The van der Waals surface area contributed by atoms with E-state index in [1.165, 1.54) is 0 Å². The number of amides is 1. The quantitative estimate of drug-likeness (QED) is 0.736. The van der Waals surface area contributed by atoms with Crippen molar-refractivity contribution in [3.05, 3.63) is 52.6 Å². The van der Waals surface area contributed by atoms with E-state index >= 15 is 0 Å². The molecule has 112 valence electrons. The van der Waals surface area contributed by atoms with E-state index in [-0.39, 0.29) is 5.91 Å². The van der Waals surface area contributed by atoms with Gasteiger partial charge in [0.05, 0.1) is 16.1 Å². The second kappa shape index (κ2) is 5.41. The molecule has 3 aromatic rings. The second-order valence-corrected chi connectivity index (χ2v) is 7.13. The molecule has 1 aliphatic rings. The summed E-state index contributed by atoms with van der Waals surface area (Å²) in [5, 5.41) is 5.97. The lowest BCUT2D eigenvalue weighted by molar-refractivity contribution is 0.0466. The highest BCUT2D eigenvalue weighted by Crippen LogP contribution is 2.28. The van der Waals surface area contributed by atoms with Crippen LogP contribution in [0.15, 0.2) is 42.7 Å². The maximum Gasteiger partial charge on any atom is 0.263 e. The Bertz CT molecular complexity index is 802. The zero-order valence-corrected chi connectivity index (χ0v) is 13.3. The number of halogens is 1. The molecule has 1 aromatic carbocycles. The van der Waals surface area contributed by atoms with Crippen molar-refractivity contribution >= 4 is 38.9 Å². The summed E-state index contributed by atoms with van der Waals surface area (Å²) in [5.41, 5.74) is 0. The molecule has 4 rings (SSSR count). The molecule has 1 amide bonds. The number of rotatable bonds is 3. The topological polar surface area (TPSA) is 38.1 Å². The van der Waals surface area contributed by atoms with Crippen molar-refractivity contribution in [2.45, 2.75) is 6.54 Å². The summed E-state index contributed by atoms with van der Waals surface area (Å²) in [6.07, 6.45) is 3.46. The van der Waals surface area contributed by atoms with Gasteiger partial charge in [-0.05, 0) is 17.5 Å². The summed E-state index contributed by atoms with van der Waals surface area (Å²) >= 11 is 7.42. The molecule has 0 spiro atoms. The number of hydrogen-bond donors (Lipinski definition) is 0. The molecule has 0 unspecified atom stereocenters. The highest BCUT2D eigenvalue weighted by molar-refractivity contribution is 7.20. The van der Waals surface area contributed by atoms with Gasteiger partial charge in [-0.1, -0.05) is 29.8 Å². The molecule has 6 heteroatoms. The highest BCUT2D eigenvalue weighted by Gasteiger charge is 2.32. The van der Waals surface area contributed by atoms with Crippen molar-refractivity contribution in [1.29, 1.82) is 0 Å². The smallest absolute Gasteiger partial charge is 0.263 e. The SMILES string of the molecule is O=C(c1cc2ccccc2s1)N1CC(Cn2cc(Cl)cn2)C1. The predicted octanol–water partition coefficient (Wildman–Crippen LogP) is 3.52. The van der Waals surface area contributed by atoms with Gasteiger partial charge in [0, 0.05) is 36.4 Å². The van der Waals surface area contributed by atoms with Crippen LogP contribution in [0.4, 0.5) is 0 Å². The van der Waals surface area contributed by atoms with Crippen LogP contribution < -0.4 is 0 Å². The van der Waals surface area contributed by atoms with Crippen LogP contribution in [0.5, 0.6) is 0 Å². The molecule has 0 bridgehead atoms. The van der Waals surface area contributed by atoms with Gasteiger partial charge in [0.2, 0.25) is 0 Å². The Labute approximate surface area is 136 Å². The third-order valence-electron chi connectivity index (χ3n) is 3.93. The van der Waals surface area contributed by atoms with Crippen molar-refractivity contribution in [2.24, 2.45) is 5.92 Å². The van der Waals surface area contributed by atoms with E-state index < -0.39 is 0 Å². The summed E-state index contributed by atoms with van der Waals surface area (Å²) in [7, 11) is 0. The zero-order chi connectivity index (χ0) is 15.1. The first-order chi connectivity index (χ1) is 10.7. The fourth-order valence-corrected chi connectivity index (χ4v) is 3.98. The Kier molecular flexibility index (Phi) is 3.39. The molecule has 0 radical (unpaired) electrons. The average Bonchev–Trinajstić information content (AvgIpc) is 3.07. The standard InChI is InChI=1S/C16H14ClN3OS/c17-13-6-18-20(10-13)9-11-7-19(8-11)16(21)15-5-12-3-1-2-4-14(12)22-15/h1-6,10-11H,7-9H2. The van der Waals surface area contributed by atoms with Crippen molar-refractivity contribution in [1.82, 2.24) is 14.7 Å². The minimum Gasteiger partial charge on any atom is -0.337 e. The van der Waals surface area contributed by atoms with Crippen LogP contribution in [-0.4, -0.2) is 33.7 Å². The Balaban J connectivity index is 1.40. The molecule has 1 aliphatic heterocycles. The first-order valence-corrected chi connectivity index (χ1v) is 8.34. The number of likely N-dealkylation sites (tertiary alicyclic amines) is 1. The van der Waals surface area contributed by atoms with Crippen molar-refractivity contribution in [2.75, 3.05) is 13.1 Å². The minimum atomic E-state index is 0.135. The van der Waals surface area contributed by atoms with E-state index in [9.17, 15) is 4.79 Å². The third-order valence-corrected chi connectivity index (χ3v) is 5.23. The lowest BCUT2D eigenvalue weighted by Gasteiger charge is -2.38. The number of carbonyl (C=O) groups is 1. The summed E-state index contributed by atoms with van der Waals surface area (Å²) in [5.74, 6) is 0.588. The normalized spacial score (nSPS) is 15.2. The molecule has 2 aromatic heterocycles. The monoisotopic (exact) mass is 331 g/mol. The van der Waals surface area contributed by atoms with Gasteiger partial charge in [-0.2, -0.15) is 5.10 Å². The Morgan fingerprint density at radius 1 is 1.36 bits per heavy atom. The highest BCUT2D eigenvalue weighted by atomic mass is 35.5. The fraction of sp³-hybridized carbons (Fsp3) is 0.250. The van der Waals surface area contributed by atoms with Crippen LogP contribution in [0.25, 0.3) is 10.1 Å². The van der Waals surface area contributed by atoms with Crippen LogP contribution in [0, 0.1) is 5.92 Å². The van der Waals surface area contributed by atoms with Crippen molar-refractivity contribution < 1.29 is 4.79 Å². The molecular formula is C16H14ClN3OS. The van der Waals surface area contributed by atoms with Gasteiger partial charge < -0.3 is 4.90 Å². The molecule has 1 saturated heterocycles. The Morgan fingerprint density at radius 3 is 2.91 bits per heavy atom. The Hall–Kier alpha value is -1.85. The van der Waals surface area contributed by atoms with E-state index in [0.29, 0.717) is 10.9 Å². The van der Waals surface area contributed by atoms with E-state index in [4.69, 9.17) is 11.6 Å². The molecule has 0 atom stereocenters. The van der Waals surface area contributed by atoms with Crippen LogP contribution >= 0.6 is 22.9 Å². The molecular weight excluding hydrogens is 318 g/mol. The third kappa shape index (κ3) is 2.51. The number of fused-ring (bicyclic) bond motifs is 1. The van der Waals surface area contributed by atoms with Crippen LogP contribution in [-0.2, 0) is 6.54 Å². The molecule has 1 fully saturated rings. The summed E-state index contributed by atoms with van der Waals surface area (Å²) in [6, 6.07) is 10.1. The van der Waals surface area contributed by atoms with E-state index in [1.807, 2.05) is 40.0 Å². The van der Waals surface area contributed by atoms with Crippen LogP contribution in [0.1, 0.15) is 9.67 Å². The van der Waals surface area contributed by atoms with Crippen molar-refractivity contribution in [3.8, 4) is 0 Å². The fourth-order valence-electron chi connectivity index (χ4n) is 2.80. The summed E-state index contributed by atoms with van der Waals surface area (Å²) < 4.78 is 3.00. The Morgan fingerprint density at radius 2 is 2.18 bits per heavy atom. The van der Waals surface area contributed by atoms with Crippen molar-refractivity contribution in [3.63, 3.8) is 0 Å². The zero-order valence-electron chi connectivity index (χ0n) is 11.8. The maximum atomic E-state index is 12.5. The second-order valence-electron chi connectivity index (χ2n) is 5.61. The molecule has 3 heterocycles. The van der Waals surface area contributed by atoms with Gasteiger partial charge in [-0.25, -0.2) is 0 Å². The lowest BCUT2D eigenvalue weighted by atomic mass is 10.00. The number of thiophene rings is 1. The lowest BCUT2D eigenvalue weighted by Crippen LogP contribution is -2.51. The largest absolute Gasteiger partial charge is 0.337 e. The molecule has 0 aliphatic carbocycles. The van der Waals surface area contributed by atoms with Crippen LogP contribution in [0.3, 0.4) is 0 Å². The molecule has 22 heavy (non-hydrogen) atoms.